The molecule has 3 aromatic rings. The molecule has 0 unspecified atom stereocenters. The topological polar surface area (TPSA) is 82.4 Å². The summed E-state index contributed by atoms with van der Waals surface area (Å²) in [5.74, 6) is 1.74. The average molecular weight is 492 g/mol. The third-order valence-electron chi connectivity index (χ3n) is 6.95. The molecular weight excluding hydrogens is 461 g/mol. The number of benzene rings is 3. The summed E-state index contributed by atoms with van der Waals surface area (Å²) < 4.78 is 24.9. The van der Waals surface area contributed by atoms with Gasteiger partial charge in [-0.2, -0.15) is 0 Å². The first-order chi connectivity index (χ1) is 17.5. The molecule has 2 aliphatic heterocycles. The van der Waals surface area contributed by atoms with Crippen LogP contribution < -0.4 is 9.47 Å². The van der Waals surface area contributed by atoms with Crippen LogP contribution in [0.25, 0.3) is 11.1 Å². The van der Waals surface area contributed by atoms with Gasteiger partial charge in [0.2, 0.25) is 0 Å². The molecule has 2 heterocycles. The van der Waals surface area contributed by atoms with Gasteiger partial charge in [0.15, 0.2) is 0 Å². The van der Waals surface area contributed by atoms with Crippen LogP contribution >= 0.6 is 0 Å². The van der Waals surface area contributed by atoms with Crippen molar-refractivity contribution in [2.75, 3.05) is 32.9 Å². The Morgan fingerprint density at radius 1 is 1.03 bits per heavy atom. The smallest absolute Gasteiger partial charge is 0.150 e. The number of nitrogens with zero attached hydrogens (tertiary/aromatic N) is 1. The zero-order valence-corrected chi connectivity index (χ0v) is 20.2. The molecule has 7 heteroatoms. The SMILES string of the molecule is CC1=C(c2ccc(CO)c(O)c2)[C@@H](c2ccc(OCCN3CC(CF)C3)cc2)Oc2ccc(O)cc21. The molecule has 1 atom stereocenters. The molecule has 3 N–H and O–H groups in total. The lowest BCUT2D eigenvalue weighted by molar-refractivity contribution is 0.0668. The molecule has 3 aromatic carbocycles. The second-order valence-corrected chi connectivity index (χ2v) is 9.42. The molecule has 0 radical (unpaired) electrons. The number of halogens is 1. The molecular formula is C29H30FNO5. The Kier molecular flexibility index (Phi) is 6.85. The quantitative estimate of drug-likeness (QED) is 0.414. The van der Waals surface area contributed by atoms with Crippen LogP contribution in [0.15, 0.2) is 60.7 Å². The first kappa shape index (κ1) is 24.2. The fourth-order valence-electron chi connectivity index (χ4n) is 4.90. The number of phenols is 2. The molecule has 1 saturated heterocycles. The molecule has 0 aliphatic carbocycles. The van der Waals surface area contributed by atoms with Gasteiger partial charge in [-0.25, -0.2) is 0 Å². The van der Waals surface area contributed by atoms with E-state index in [1.165, 1.54) is 0 Å². The van der Waals surface area contributed by atoms with Gasteiger partial charge in [0.05, 0.1) is 13.3 Å². The zero-order chi connectivity index (χ0) is 25.2. The molecule has 0 spiro atoms. The van der Waals surface area contributed by atoms with E-state index in [1.807, 2.05) is 37.3 Å². The van der Waals surface area contributed by atoms with Crippen molar-refractivity contribution in [1.29, 1.82) is 0 Å². The van der Waals surface area contributed by atoms with Gasteiger partial charge < -0.3 is 24.8 Å². The number of aliphatic hydroxyl groups is 1. The second kappa shape index (κ2) is 10.2. The Morgan fingerprint density at radius 3 is 2.50 bits per heavy atom. The Balaban J connectivity index is 1.40. The fourth-order valence-corrected chi connectivity index (χ4v) is 4.90. The van der Waals surface area contributed by atoms with Crippen LogP contribution in [-0.4, -0.2) is 53.1 Å². The normalized spacial score (nSPS) is 17.9. The number of aliphatic hydroxyl groups excluding tert-OH is 1. The third-order valence-corrected chi connectivity index (χ3v) is 6.95. The van der Waals surface area contributed by atoms with Crippen LogP contribution in [0.5, 0.6) is 23.0 Å². The lowest BCUT2D eigenvalue weighted by Gasteiger charge is -2.37. The summed E-state index contributed by atoms with van der Waals surface area (Å²) in [4.78, 5) is 2.18. The fraction of sp³-hybridized carbons (Fsp3) is 0.310. The van der Waals surface area contributed by atoms with Crippen molar-refractivity contribution in [3.8, 4) is 23.0 Å². The molecule has 1 fully saturated rings. The lowest BCUT2D eigenvalue weighted by Crippen LogP contribution is -2.49. The number of likely N-dealkylation sites (tertiary alicyclic amines) is 1. The van der Waals surface area contributed by atoms with Crippen molar-refractivity contribution in [1.82, 2.24) is 4.90 Å². The van der Waals surface area contributed by atoms with E-state index in [4.69, 9.17) is 9.47 Å². The van der Waals surface area contributed by atoms with E-state index in [2.05, 4.69) is 4.90 Å². The van der Waals surface area contributed by atoms with Crippen LogP contribution in [0.1, 0.15) is 35.3 Å². The third kappa shape index (κ3) is 4.76. The van der Waals surface area contributed by atoms with Gasteiger partial charge >= 0.3 is 0 Å². The summed E-state index contributed by atoms with van der Waals surface area (Å²) >= 11 is 0. The minimum atomic E-state index is -0.450. The van der Waals surface area contributed by atoms with E-state index >= 15 is 0 Å². The second-order valence-electron chi connectivity index (χ2n) is 9.42. The van der Waals surface area contributed by atoms with E-state index < -0.39 is 6.10 Å². The van der Waals surface area contributed by atoms with Crippen molar-refractivity contribution in [2.45, 2.75) is 19.6 Å². The first-order valence-electron chi connectivity index (χ1n) is 12.1. The number of hydrogen-bond donors (Lipinski definition) is 3. The number of rotatable bonds is 8. The summed E-state index contributed by atoms with van der Waals surface area (Å²) in [6.07, 6.45) is -0.450. The summed E-state index contributed by atoms with van der Waals surface area (Å²) in [6.45, 7) is 4.36. The Morgan fingerprint density at radius 2 is 1.81 bits per heavy atom. The molecule has 0 aromatic heterocycles. The standard InChI is InChI=1S/C29H30FNO5/c1-18-25-13-23(33)6-9-27(25)36-29(28(18)21-2-3-22(17-32)26(34)12-21)20-4-7-24(8-5-20)35-11-10-31-15-19(14-30)16-31/h2-9,12-13,19,29,32-34H,10-11,14-17H2,1H3/t29-/m1/s1. The van der Waals surface area contributed by atoms with Crippen molar-refractivity contribution in [3.63, 3.8) is 0 Å². The summed E-state index contributed by atoms with van der Waals surface area (Å²) in [5.41, 5.74) is 4.70. The Bertz CT molecular complexity index is 1270. The Labute approximate surface area is 209 Å². The largest absolute Gasteiger partial charge is 0.508 e. The van der Waals surface area contributed by atoms with Crippen LogP contribution in [-0.2, 0) is 6.61 Å². The van der Waals surface area contributed by atoms with Gasteiger partial charge in [0.1, 0.15) is 35.7 Å². The molecule has 188 valence electrons. The monoisotopic (exact) mass is 491 g/mol. The Hall–Kier alpha value is -3.55. The van der Waals surface area contributed by atoms with Crippen LogP contribution in [0.4, 0.5) is 4.39 Å². The molecule has 0 bridgehead atoms. The molecule has 36 heavy (non-hydrogen) atoms. The maximum absolute atomic E-state index is 12.6. The van der Waals surface area contributed by atoms with E-state index in [0.29, 0.717) is 17.9 Å². The molecule has 6 nitrogen and oxygen atoms in total. The van der Waals surface area contributed by atoms with Gasteiger partial charge in [-0.05, 0) is 60.0 Å². The lowest BCUT2D eigenvalue weighted by atomic mass is 9.85. The molecule has 5 rings (SSSR count). The van der Waals surface area contributed by atoms with E-state index in [-0.39, 0.29) is 30.7 Å². The molecule has 0 saturated carbocycles. The number of aromatic hydroxyl groups is 2. The number of hydrogen-bond acceptors (Lipinski definition) is 6. The summed E-state index contributed by atoms with van der Waals surface area (Å²) in [5, 5.41) is 29.9. The number of fused-ring (bicyclic) bond motifs is 1. The number of alkyl halides is 1. The van der Waals surface area contributed by atoms with E-state index in [1.54, 1.807) is 30.3 Å². The number of allylic oxidation sites excluding steroid dienone is 1. The summed E-state index contributed by atoms with van der Waals surface area (Å²) in [7, 11) is 0. The van der Waals surface area contributed by atoms with Crippen molar-refractivity contribution >= 4 is 11.1 Å². The predicted molar refractivity (Wildman–Crippen MR) is 136 cm³/mol. The minimum absolute atomic E-state index is 0.0135. The van der Waals surface area contributed by atoms with Crippen LogP contribution in [0.3, 0.4) is 0 Å². The van der Waals surface area contributed by atoms with Gasteiger partial charge in [-0.1, -0.05) is 24.3 Å². The predicted octanol–water partition coefficient (Wildman–Crippen LogP) is 4.93. The van der Waals surface area contributed by atoms with Gasteiger partial charge in [0, 0.05) is 42.3 Å². The van der Waals surface area contributed by atoms with Crippen molar-refractivity contribution in [2.24, 2.45) is 5.92 Å². The average Bonchev–Trinajstić information content (AvgIpc) is 2.86. The molecule has 2 aliphatic rings. The van der Waals surface area contributed by atoms with Gasteiger partial charge in [0.25, 0.3) is 0 Å². The highest BCUT2D eigenvalue weighted by atomic mass is 19.1. The highest BCUT2D eigenvalue weighted by Crippen LogP contribution is 2.48. The highest BCUT2D eigenvalue weighted by molar-refractivity contribution is 5.96. The van der Waals surface area contributed by atoms with Crippen molar-refractivity contribution in [3.05, 3.63) is 82.9 Å². The number of phenolic OH excluding ortho intramolecular Hbond substituents is 1. The summed E-state index contributed by atoms with van der Waals surface area (Å²) in [6, 6.07) is 18.0. The van der Waals surface area contributed by atoms with Crippen molar-refractivity contribution < 1.29 is 29.2 Å². The molecule has 0 amide bonds. The highest BCUT2D eigenvalue weighted by Gasteiger charge is 2.30. The maximum Gasteiger partial charge on any atom is 0.150 e. The van der Waals surface area contributed by atoms with Gasteiger partial charge in [-0.3, -0.25) is 9.29 Å². The zero-order valence-electron chi connectivity index (χ0n) is 20.2. The van der Waals surface area contributed by atoms with Crippen LogP contribution in [0, 0.1) is 5.92 Å². The first-order valence-corrected chi connectivity index (χ1v) is 12.1. The van der Waals surface area contributed by atoms with E-state index in [0.717, 1.165) is 53.2 Å². The van der Waals surface area contributed by atoms with Gasteiger partial charge in [-0.15, -0.1) is 0 Å². The number of ether oxygens (including phenoxy) is 2. The minimum Gasteiger partial charge on any atom is -0.508 e. The van der Waals surface area contributed by atoms with E-state index in [9.17, 15) is 19.7 Å². The maximum atomic E-state index is 12.6. The van der Waals surface area contributed by atoms with Crippen LogP contribution in [0.2, 0.25) is 0 Å².